The molecule has 0 radical (unpaired) electrons. The number of alkyl halides is 3. The molecule has 1 amide bonds. The van der Waals surface area contributed by atoms with E-state index in [0.29, 0.717) is 31.0 Å². The van der Waals surface area contributed by atoms with Gasteiger partial charge in [0.2, 0.25) is 5.91 Å². The maximum atomic E-state index is 12.8. The van der Waals surface area contributed by atoms with E-state index in [2.05, 4.69) is 20.1 Å². The molecule has 208 valence electrons. The number of carbonyl (C=O) groups excluding carboxylic acids is 1. The van der Waals surface area contributed by atoms with Crippen LogP contribution in [0.25, 0.3) is 0 Å². The van der Waals surface area contributed by atoms with Crippen LogP contribution in [0.5, 0.6) is 0 Å². The van der Waals surface area contributed by atoms with Gasteiger partial charge in [-0.15, -0.1) is 5.23 Å². The van der Waals surface area contributed by atoms with Crippen molar-refractivity contribution in [3.05, 3.63) is 47.7 Å². The number of aromatic nitrogens is 1. The highest BCUT2D eigenvalue weighted by molar-refractivity contribution is 5.76. The van der Waals surface area contributed by atoms with Crippen molar-refractivity contribution in [1.29, 1.82) is 0 Å². The zero-order valence-corrected chi connectivity index (χ0v) is 21.5. The second-order valence-electron chi connectivity index (χ2n) is 9.87. The van der Waals surface area contributed by atoms with Crippen molar-refractivity contribution < 1.29 is 28.4 Å². The van der Waals surface area contributed by atoms with Gasteiger partial charge in [-0.2, -0.15) is 13.2 Å². The fraction of sp³-hybridized carbons (Fsp3) is 0.538. The molecule has 2 fully saturated rings. The van der Waals surface area contributed by atoms with Crippen LogP contribution >= 0.6 is 0 Å². The number of hydrogen-bond acceptors (Lipinski definition) is 8. The molecule has 2 aromatic rings. The number of piperazine rings is 1. The number of anilines is 3. The summed E-state index contributed by atoms with van der Waals surface area (Å²) in [6.07, 6.45) is -1.42. The van der Waals surface area contributed by atoms with Gasteiger partial charge in [0.25, 0.3) is 0 Å². The molecule has 0 saturated carbocycles. The van der Waals surface area contributed by atoms with Crippen LogP contribution in [0.4, 0.5) is 30.4 Å². The smallest absolute Gasteiger partial charge is 0.369 e. The number of halogens is 3. The number of aryl methyl sites for hydroxylation is 1. The standard InChI is InChI=1S/C26H35F3N6O3/c1-19-23(35(37)38)8-9-24(30-19)31-21-10-13-34(14-11-21)25(36)3-2-12-32-15-17-33(18-16-32)22-6-4-20(5-7-22)26(27,28)29/h4-9,21,37-38H,2-3,10-18H2,1H3,(H,30,31). The summed E-state index contributed by atoms with van der Waals surface area (Å²) in [5.74, 6) is 0.826. The Morgan fingerprint density at radius 2 is 1.68 bits per heavy atom. The molecule has 1 aromatic heterocycles. The van der Waals surface area contributed by atoms with Crippen LogP contribution in [0.2, 0.25) is 0 Å². The minimum atomic E-state index is -4.32. The Bertz CT molecular complexity index is 1070. The number of likely N-dealkylation sites (tertiary alicyclic amines) is 1. The Labute approximate surface area is 220 Å². The Kier molecular flexibility index (Phi) is 8.95. The number of nitrogens with one attached hydrogen (secondary N) is 1. The van der Waals surface area contributed by atoms with Crippen molar-refractivity contribution in [1.82, 2.24) is 14.8 Å². The number of benzene rings is 1. The van der Waals surface area contributed by atoms with E-state index in [-0.39, 0.29) is 22.9 Å². The summed E-state index contributed by atoms with van der Waals surface area (Å²) in [5, 5.41) is 21.8. The lowest BCUT2D eigenvalue weighted by atomic mass is 10.0. The second kappa shape index (κ2) is 12.2. The third-order valence-corrected chi connectivity index (χ3v) is 7.27. The first-order chi connectivity index (χ1) is 18.1. The molecule has 12 heteroatoms. The fourth-order valence-corrected chi connectivity index (χ4v) is 5.03. The lowest BCUT2D eigenvalue weighted by Crippen LogP contribution is -2.47. The Morgan fingerprint density at radius 1 is 1.03 bits per heavy atom. The SMILES string of the molecule is Cc1nc(NC2CCN(C(=O)CCCN3CCN(c4ccc(C(F)(F)F)cc4)CC3)CC2)ccc1N(O)O. The number of amides is 1. The van der Waals surface area contributed by atoms with Gasteiger partial charge in [-0.1, -0.05) is 0 Å². The predicted molar refractivity (Wildman–Crippen MR) is 138 cm³/mol. The molecule has 0 aliphatic carbocycles. The number of nitrogens with zero attached hydrogens (tertiary/aromatic N) is 5. The van der Waals surface area contributed by atoms with Crippen LogP contribution in [0, 0.1) is 6.92 Å². The first-order valence-corrected chi connectivity index (χ1v) is 12.9. The number of carbonyl (C=O) groups is 1. The highest BCUT2D eigenvalue weighted by atomic mass is 19.4. The second-order valence-corrected chi connectivity index (χ2v) is 9.87. The van der Waals surface area contributed by atoms with Gasteiger partial charge in [0.15, 0.2) is 0 Å². The van der Waals surface area contributed by atoms with Crippen LogP contribution < -0.4 is 15.4 Å². The van der Waals surface area contributed by atoms with Crippen LogP contribution in [0.1, 0.15) is 36.9 Å². The van der Waals surface area contributed by atoms with Crippen molar-refractivity contribution in [3.63, 3.8) is 0 Å². The Balaban J connectivity index is 1.13. The fourth-order valence-electron chi connectivity index (χ4n) is 5.03. The normalized spacial score (nSPS) is 17.5. The van der Waals surface area contributed by atoms with Crippen LogP contribution in [0.3, 0.4) is 0 Å². The molecular weight excluding hydrogens is 501 g/mol. The van der Waals surface area contributed by atoms with Crippen LogP contribution in [-0.4, -0.2) is 83.0 Å². The summed E-state index contributed by atoms with van der Waals surface area (Å²) in [7, 11) is 0. The van der Waals surface area contributed by atoms with E-state index in [4.69, 9.17) is 0 Å². The maximum Gasteiger partial charge on any atom is 0.416 e. The Morgan fingerprint density at radius 3 is 2.26 bits per heavy atom. The van der Waals surface area contributed by atoms with Crippen molar-refractivity contribution in [2.75, 3.05) is 61.3 Å². The van der Waals surface area contributed by atoms with Crippen molar-refractivity contribution in [2.45, 2.75) is 44.8 Å². The highest BCUT2D eigenvalue weighted by Crippen LogP contribution is 2.30. The van der Waals surface area contributed by atoms with E-state index in [9.17, 15) is 28.4 Å². The minimum Gasteiger partial charge on any atom is -0.369 e. The number of hydrogen-bond donors (Lipinski definition) is 3. The summed E-state index contributed by atoms with van der Waals surface area (Å²) >= 11 is 0. The third-order valence-electron chi connectivity index (χ3n) is 7.27. The third kappa shape index (κ3) is 7.27. The van der Waals surface area contributed by atoms with Crippen molar-refractivity contribution >= 4 is 23.1 Å². The average Bonchev–Trinajstić information content (AvgIpc) is 2.89. The lowest BCUT2D eigenvalue weighted by molar-refractivity contribution is -0.137. The molecule has 3 heterocycles. The summed E-state index contributed by atoms with van der Waals surface area (Å²) in [4.78, 5) is 23.4. The highest BCUT2D eigenvalue weighted by Gasteiger charge is 2.30. The molecule has 4 rings (SSSR count). The van der Waals surface area contributed by atoms with E-state index in [1.165, 1.54) is 12.1 Å². The summed E-state index contributed by atoms with van der Waals surface area (Å²) < 4.78 is 38.3. The van der Waals surface area contributed by atoms with Gasteiger partial charge in [0, 0.05) is 57.4 Å². The lowest BCUT2D eigenvalue weighted by Gasteiger charge is -2.36. The molecule has 2 saturated heterocycles. The molecule has 2 aliphatic heterocycles. The van der Waals surface area contributed by atoms with E-state index in [0.717, 1.165) is 69.8 Å². The van der Waals surface area contributed by atoms with Gasteiger partial charge in [-0.3, -0.25) is 20.1 Å². The molecule has 0 atom stereocenters. The van der Waals surface area contributed by atoms with E-state index in [1.54, 1.807) is 19.1 Å². The molecule has 0 spiro atoms. The first kappa shape index (κ1) is 27.9. The molecule has 3 N–H and O–H groups in total. The molecule has 2 aliphatic rings. The van der Waals surface area contributed by atoms with E-state index in [1.807, 2.05) is 4.90 Å². The molecular formula is C26H35F3N6O3. The first-order valence-electron chi connectivity index (χ1n) is 12.9. The molecule has 0 unspecified atom stereocenters. The monoisotopic (exact) mass is 536 g/mol. The average molecular weight is 537 g/mol. The van der Waals surface area contributed by atoms with Gasteiger partial charge >= 0.3 is 6.18 Å². The topological polar surface area (TPSA) is 95.4 Å². The quantitative estimate of drug-likeness (QED) is 0.436. The van der Waals surface area contributed by atoms with Gasteiger partial charge in [-0.05, 0) is 69.1 Å². The van der Waals surface area contributed by atoms with E-state index < -0.39 is 11.7 Å². The zero-order valence-electron chi connectivity index (χ0n) is 21.5. The van der Waals surface area contributed by atoms with Gasteiger partial charge in [0.1, 0.15) is 11.5 Å². The van der Waals surface area contributed by atoms with Crippen LogP contribution in [0.15, 0.2) is 36.4 Å². The van der Waals surface area contributed by atoms with E-state index >= 15 is 0 Å². The molecule has 0 bridgehead atoms. The van der Waals surface area contributed by atoms with Crippen molar-refractivity contribution in [3.8, 4) is 0 Å². The predicted octanol–water partition coefficient (Wildman–Crippen LogP) is 4.00. The largest absolute Gasteiger partial charge is 0.416 e. The van der Waals surface area contributed by atoms with Gasteiger partial charge in [-0.25, -0.2) is 4.98 Å². The number of pyridine rings is 1. The molecule has 1 aromatic carbocycles. The van der Waals surface area contributed by atoms with Crippen LogP contribution in [-0.2, 0) is 11.0 Å². The van der Waals surface area contributed by atoms with Gasteiger partial charge in [0.05, 0.1) is 11.3 Å². The maximum absolute atomic E-state index is 12.8. The number of piperidine rings is 1. The minimum absolute atomic E-state index is 0.0551. The summed E-state index contributed by atoms with van der Waals surface area (Å²) in [6.45, 7) is 7.00. The number of rotatable bonds is 8. The summed E-state index contributed by atoms with van der Waals surface area (Å²) in [6, 6.07) is 8.79. The zero-order chi connectivity index (χ0) is 27.3. The molecule has 9 nitrogen and oxygen atoms in total. The van der Waals surface area contributed by atoms with Crippen molar-refractivity contribution in [2.24, 2.45) is 0 Å². The Hall–Kier alpha value is -3.09. The molecule has 38 heavy (non-hydrogen) atoms. The summed E-state index contributed by atoms with van der Waals surface area (Å²) in [5.41, 5.74) is 0.881. The van der Waals surface area contributed by atoms with Gasteiger partial charge < -0.3 is 15.1 Å².